The maximum Gasteiger partial charge on any atom is 0.306 e. The summed E-state index contributed by atoms with van der Waals surface area (Å²) in [6.45, 7) is 19.7. The molecule has 0 spiro atoms. The lowest BCUT2D eigenvalue weighted by Crippen LogP contribution is -2.43. The number of hydrogen-bond donors (Lipinski definition) is 2. The van der Waals surface area contributed by atoms with Gasteiger partial charge in [0.15, 0.2) is 19.5 Å². The third kappa shape index (κ3) is 5.21. The van der Waals surface area contributed by atoms with Crippen molar-refractivity contribution < 1.29 is 14.0 Å². The molecule has 1 aliphatic carbocycles. The number of ether oxygens (including phenoxy) is 1. The Morgan fingerprint density at radius 3 is 2.67 bits per heavy atom. The van der Waals surface area contributed by atoms with E-state index in [0.29, 0.717) is 25.1 Å². The molecule has 0 radical (unpaired) electrons. The van der Waals surface area contributed by atoms with E-state index in [9.17, 15) is 9.59 Å². The van der Waals surface area contributed by atoms with E-state index in [-0.39, 0.29) is 46.5 Å². The molecule has 3 atom stereocenters. The molecule has 0 aliphatic heterocycles. The standard InChI is InChI=1S/C23H37N5O4Si/c1-13(2)9-18(29)32-17-10-16(14(3)15(17)11-31-33(7,8)23(4,5)6)28-12-25-19-20(28)26-22(24)27-21(19)30/h12-13,15-17H,3,9-11H2,1-2,4-8H3,(H3,24,26,27,30). The highest BCUT2D eigenvalue weighted by Crippen LogP contribution is 2.44. The quantitative estimate of drug-likeness (QED) is 0.354. The van der Waals surface area contributed by atoms with Gasteiger partial charge in [0.05, 0.1) is 12.4 Å². The van der Waals surface area contributed by atoms with Gasteiger partial charge in [0.2, 0.25) is 5.95 Å². The first kappa shape index (κ1) is 25.2. The molecule has 1 saturated carbocycles. The summed E-state index contributed by atoms with van der Waals surface area (Å²) in [6, 6.07) is -0.242. The van der Waals surface area contributed by atoms with Crippen LogP contribution < -0.4 is 11.3 Å². The second-order valence-corrected chi connectivity index (χ2v) is 15.7. The van der Waals surface area contributed by atoms with Crippen LogP contribution in [0.25, 0.3) is 11.2 Å². The molecule has 0 bridgehead atoms. The third-order valence-electron chi connectivity index (χ3n) is 6.88. The normalized spacial score (nSPS) is 21.8. The van der Waals surface area contributed by atoms with Gasteiger partial charge in [-0.3, -0.25) is 14.6 Å². The van der Waals surface area contributed by atoms with Gasteiger partial charge in [-0.15, -0.1) is 0 Å². The van der Waals surface area contributed by atoms with E-state index in [1.165, 1.54) is 0 Å². The molecule has 1 aliphatic rings. The topological polar surface area (TPSA) is 125 Å². The monoisotopic (exact) mass is 475 g/mol. The molecule has 2 aromatic rings. The minimum atomic E-state index is -2.02. The Kier molecular flexibility index (Phi) is 6.91. The number of anilines is 1. The van der Waals surface area contributed by atoms with E-state index in [1.807, 2.05) is 13.8 Å². The number of imidazole rings is 1. The number of nitrogens with zero attached hydrogens (tertiary/aromatic N) is 3. The van der Waals surface area contributed by atoms with Crippen LogP contribution in [-0.2, 0) is 14.0 Å². The molecule has 3 unspecified atom stereocenters. The number of fused-ring (bicyclic) bond motifs is 1. The lowest BCUT2D eigenvalue weighted by molar-refractivity contribution is -0.151. The summed E-state index contributed by atoms with van der Waals surface area (Å²) in [4.78, 5) is 35.8. The summed E-state index contributed by atoms with van der Waals surface area (Å²) in [5.74, 6) is -0.168. The number of H-pyrrole nitrogens is 1. The highest BCUT2D eigenvalue weighted by molar-refractivity contribution is 6.74. The first-order valence-electron chi connectivity index (χ1n) is 11.5. The van der Waals surface area contributed by atoms with Crippen molar-refractivity contribution >= 4 is 31.4 Å². The number of nitrogen functional groups attached to an aromatic ring is 1. The first-order chi connectivity index (χ1) is 15.2. The van der Waals surface area contributed by atoms with E-state index < -0.39 is 13.9 Å². The molecular formula is C23H37N5O4Si. The molecule has 2 heterocycles. The highest BCUT2D eigenvalue weighted by Gasteiger charge is 2.44. The van der Waals surface area contributed by atoms with Crippen molar-refractivity contribution in [3.05, 3.63) is 28.8 Å². The summed E-state index contributed by atoms with van der Waals surface area (Å²) in [6.07, 6.45) is 2.06. The van der Waals surface area contributed by atoms with Crippen molar-refractivity contribution in [3.8, 4) is 0 Å². The van der Waals surface area contributed by atoms with Crippen molar-refractivity contribution in [1.82, 2.24) is 19.5 Å². The van der Waals surface area contributed by atoms with Crippen molar-refractivity contribution in [2.75, 3.05) is 12.3 Å². The smallest absolute Gasteiger partial charge is 0.306 e. The third-order valence-corrected chi connectivity index (χ3v) is 11.4. The maximum absolute atomic E-state index is 12.5. The summed E-state index contributed by atoms with van der Waals surface area (Å²) in [5, 5.41) is 0.0547. The van der Waals surface area contributed by atoms with Crippen molar-refractivity contribution in [2.24, 2.45) is 11.8 Å². The summed E-state index contributed by atoms with van der Waals surface area (Å²) < 4.78 is 14.2. The number of carbonyl (C=O) groups is 1. The van der Waals surface area contributed by atoms with E-state index in [0.717, 1.165) is 5.57 Å². The largest absolute Gasteiger partial charge is 0.462 e. The number of nitrogens with one attached hydrogen (secondary N) is 1. The van der Waals surface area contributed by atoms with Crippen molar-refractivity contribution in [3.63, 3.8) is 0 Å². The van der Waals surface area contributed by atoms with Crippen molar-refractivity contribution in [2.45, 2.75) is 77.7 Å². The Morgan fingerprint density at radius 1 is 1.39 bits per heavy atom. The van der Waals surface area contributed by atoms with Crippen LogP contribution in [0.3, 0.4) is 0 Å². The molecular weight excluding hydrogens is 438 g/mol. The van der Waals surface area contributed by atoms with Crippen LogP contribution in [0, 0.1) is 11.8 Å². The van der Waals surface area contributed by atoms with Gasteiger partial charge in [-0.05, 0) is 29.6 Å². The molecule has 2 aromatic heterocycles. The molecule has 0 amide bonds. The van der Waals surface area contributed by atoms with Crippen molar-refractivity contribution in [1.29, 1.82) is 0 Å². The van der Waals surface area contributed by atoms with Crippen LogP contribution >= 0.6 is 0 Å². The average Bonchev–Trinajstić information content (AvgIpc) is 3.19. The zero-order valence-corrected chi connectivity index (χ0v) is 21.8. The minimum absolute atomic E-state index is 0.0237. The lowest BCUT2D eigenvalue weighted by Gasteiger charge is -2.37. The van der Waals surface area contributed by atoms with Gasteiger partial charge < -0.3 is 19.5 Å². The zero-order chi connectivity index (χ0) is 24.7. The van der Waals surface area contributed by atoms with Crippen LogP contribution in [0.4, 0.5) is 5.95 Å². The predicted octanol–water partition coefficient (Wildman–Crippen LogP) is 3.80. The molecule has 10 heteroatoms. The molecule has 0 saturated heterocycles. The zero-order valence-electron chi connectivity index (χ0n) is 20.8. The first-order valence-corrected chi connectivity index (χ1v) is 14.4. The number of rotatable bonds is 7. The number of carbonyl (C=O) groups excluding carboxylic acids is 1. The molecule has 1 fully saturated rings. The summed E-state index contributed by atoms with van der Waals surface area (Å²) in [5.41, 5.74) is 6.86. The van der Waals surface area contributed by atoms with E-state index in [2.05, 4.69) is 55.4 Å². The van der Waals surface area contributed by atoms with E-state index in [1.54, 1.807) is 10.9 Å². The number of hydrogen-bond acceptors (Lipinski definition) is 7. The van der Waals surface area contributed by atoms with Gasteiger partial charge >= 0.3 is 5.97 Å². The Hall–Kier alpha value is -2.46. The molecule has 3 N–H and O–H groups in total. The number of nitrogens with two attached hydrogens (primary N) is 1. The van der Waals surface area contributed by atoms with Gasteiger partial charge in [0.1, 0.15) is 6.10 Å². The van der Waals surface area contributed by atoms with Gasteiger partial charge in [-0.1, -0.05) is 41.2 Å². The molecule has 9 nitrogen and oxygen atoms in total. The Labute approximate surface area is 195 Å². The SMILES string of the molecule is C=C1C(CO[Si](C)(C)C(C)(C)C)C(OC(=O)CC(C)C)CC1n1cnc2c(=O)[nH]c(N)nc21. The van der Waals surface area contributed by atoms with E-state index in [4.69, 9.17) is 14.9 Å². The number of esters is 1. The maximum atomic E-state index is 12.5. The van der Waals surface area contributed by atoms with Gasteiger partial charge in [0.25, 0.3) is 5.56 Å². The fraction of sp³-hybridized carbons (Fsp3) is 0.652. The Balaban J connectivity index is 1.92. The molecule has 3 rings (SSSR count). The summed E-state index contributed by atoms with van der Waals surface area (Å²) in [7, 11) is -2.02. The van der Waals surface area contributed by atoms with Gasteiger partial charge in [0, 0.05) is 25.4 Å². The second kappa shape index (κ2) is 9.06. The number of aromatic amines is 1. The Bertz CT molecular complexity index is 1100. The minimum Gasteiger partial charge on any atom is -0.462 e. The molecule has 182 valence electrons. The molecule has 33 heavy (non-hydrogen) atoms. The van der Waals surface area contributed by atoms with Gasteiger partial charge in [-0.25, -0.2) is 4.98 Å². The average molecular weight is 476 g/mol. The molecule has 0 aromatic carbocycles. The van der Waals surface area contributed by atoms with Crippen LogP contribution in [-0.4, -0.2) is 46.5 Å². The van der Waals surface area contributed by atoms with E-state index >= 15 is 0 Å². The summed E-state index contributed by atoms with van der Waals surface area (Å²) >= 11 is 0. The van der Waals surface area contributed by atoms with Crippen LogP contribution in [0.1, 0.15) is 53.5 Å². The highest BCUT2D eigenvalue weighted by atomic mass is 28.4. The Morgan fingerprint density at radius 2 is 2.06 bits per heavy atom. The fourth-order valence-electron chi connectivity index (χ4n) is 3.89. The second-order valence-electron chi connectivity index (χ2n) is 10.9. The number of aromatic nitrogens is 4. The fourth-order valence-corrected chi connectivity index (χ4v) is 4.92. The van der Waals surface area contributed by atoms with Crippen LogP contribution in [0.2, 0.25) is 18.1 Å². The van der Waals surface area contributed by atoms with Gasteiger partial charge in [-0.2, -0.15) is 4.98 Å². The van der Waals surface area contributed by atoms with Crippen LogP contribution in [0.5, 0.6) is 0 Å². The predicted molar refractivity (Wildman–Crippen MR) is 131 cm³/mol. The lowest BCUT2D eigenvalue weighted by atomic mass is 10.0. The van der Waals surface area contributed by atoms with Crippen LogP contribution in [0.15, 0.2) is 23.3 Å².